The molecule has 0 radical (unpaired) electrons. The number of nitrogens with one attached hydrogen (secondary N) is 1. The average molecular weight is 320 g/mol. The van der Waals surface area contributed by atoms with Crippen molar-refractivity contribution in [1.82, 2.24) is 9.78 Å². The molecule has 116 valence electrons. The Hall–Kier alpha value is -2.35. The minimum Gasteiger partial charge on any atom is -0.324 e. The summed E-state index contributed by atoms with van der Waals surface area (Å²) in [6.07, 6.45) is 3.96. The summed E-state index contributed by atoms with van der Waals surface area (Å²) in [5.41, 5.74) is 1.25. The van der Waals surface area contributed by atoms with Gasteiger partial charge in [-0.05, 0) is 36.8 Å². The van der Waals surface area contributed by atoms with Crippen LogP contribution in [-0.4, -0.2) is 36.4 Å². The van der Waals surface area contributed by atoms with Crippen molar-refractivity contribution in [2.75, 3.05) is 21.9 Å². The van der Waals surface area contributed by atoms with Crippen LogP contribution in [0.4, 0.5) is 11.4 Å². The Labute approximate surface area is 128 Å². The zero-order valence-electron chi connectivity index (χ0n) is 11.8. The number of anilines is 2. The van der Waals surface area contributed by atoms with Gasteiger partial charge in [-0.2, -0.15) is 5.10 Å². The Morgan fingerprint density at radius 3 is 2.64 bits per heavy atom. The smallest absolute Gasteiger partial charge is 0.246 e. The molecular weight excluding hydrogens is 304 g/mol. The normalized spacial score (nSPS) is 16.6. The van der Waals surface area contributed by atoms with Gasteiger partial charge in [-0.25, -0.2) is 8.42 Å². The third kappa shape index (κ3) is 3.11. The van der Waals surface area contributed by atoms with Gasteiger partial charge in [0.2, 0.25) is 15.9 Å². The topological polar surface area (TPSA) is 84.3 Å². The van der Waals surface area contributed by atoms with E-state index in [1.165, 1.54) is 8.99 Å². The van der Waals surface area contributed by atoms with Gasteiger partial charge in [0.25, 0.3) is 0 Å². The van der Waals surface area contributed by atoms with E-state index in [1.54, 1.807) is 42.7 Å². The molecule has 1 fully saturated rings. The lowest BCUT2D eigenvalue weighted by molar-refractivity contribution is -0.116. The molecule has 2 heterocycles. The summed E-state index contributed by atoms with van der Waals surface area (Å²) in [5, 5.41) is 6.71. The fourth-order valence-electron chi connectivity index (χ4n) is 2.38. The Morgan fingerprint density at radius 1 is 1.27 bits per heavy atom. The van der Waals surface area contributed by atoms with Gasteiger partial charge in [0.1, 0.15) is 6.54 Å². The third-order valence-electron chi connectivity index (χ3n) is 3.40. The molecule has 1 aromatic carbocycles. The van der Waals surface area contributed by atoms with E-state index in [9.17, 15) is 13.2 Å². The number of hydrogen-bond donors (Lipinski definition) is 1. The Bertz CT molecular complexity index is 754. The number of carbonyl (C=O) groups excluding carboxylic acids is 1. The first-order valence-electron chi connectivity index (χ1n) is 6.92. The molecule has 1 aromatic heterocycles. The zero-order chi connectivity index (χ0) is 15.6. The maximum Gasteiger partial charge on any atom is 0.246 e. The fraction of sp³-hybridized carbons (Fsp3) is 0.286. The SMILES string of the molecule is O=C(Cn1cccn1)Nc1ccc(N2CCCS2(=O)=O)cc1. The van der Waals surface area contributed by atoms with Crippen LogP contribution in [0.1, 0.15) is 6.42 Å². The van der Waals surface area contributed by atoms with Gasteiger partial charge in [-0.3, -0.25) is 13.8 Å². The molecule has 1 aliphatic rings. The maximum atomic E-state index is 11.8. The first-order chi connectivity index (χ1) is 10.5. The number of nitrogens with zero attached hydrogens (tertiary/aromatic N) is 3. The summed E-state index contributed by atoms with van der Waals surface area (Å²) in [6, 6.07) is 8.55. The maximum absolute atomic E-state index is 11.8. The van der Waals surface area contributed by atoms with Crippen LogP contribution < -0.4 is 9.62 Å². The van der Waals surface area contributed by atoms with E-state index in [4.69, 9.17) is 0 Å². The summed E-state index contributed by atoms with van der Waals surface area (Å²) in [7, 11) is -3.18. The van der Waals surface area contributed by atoms with Crippen molar-refractivity contribution in [3.8, 4) is 0 Å². The van der Waals surface area contributed by atoms with Crippen LogP contribution in [-0.2, 0) is 21.4 Å². The molecule has 0 atom stereocenters. The predicted octanol–water partition coefficient (Wildman–Crippen LogP) is 1.06. The summed E-state index contributed by atoms with van der Waals surface area (Å²) < 4.78 is 26.6. The van der Waals surface area contributed by atoms with E-state index >= 15 is 0 Å². The molecule has 0 unspecified atom stereocenters. The van der Waals surface area contributed by atoms with Crippen LogP contribution in [0.2, 0.25) is 0 Å². The van der Waals surface area contributed by atoms with E-state index in [0.29, 0.717) is 24.3 Å². The molecule has 1 saturated heterocycles. The molecule has 1 amide bonds. The van der Waals surface area contributed by atoms with Crippen molar-refractivity contribution in [2.45, 2.75) is 13.0 Å². The molecule has 1 N–H and O–H groups in total. The average Bonchev–Trinajstić information content (AvgIpc) is 3.09. The Morgan fingerprint density at radius 2 is 2.05 bits per heavy atom. The van der Waals surface area contributed by atoms with Gasteiger partial charge in [0.05, 0.1) is 11.4 Å². The molecule has 7 nitrogen and oxygen atoms in total. The first-order valence-corrected chi connectivity index (χ1v) is 8.53. The number of benzene rings is 1. The second kappa shape index (κ2) is 5.80. The van der Waals surface area contributed by atoms with Crippen LogP contribution in [0.25, 0.3) is 0 Å². The van der Waals surface area contributed by atoms with Gasteiger partial charge in [-0.15, -0.1) is 0 Å². The van der Waals surface area contributed by atoms with Crippen LogP contribution in [0.15, 0.2) is 42.7 Å². The van der Waals surface area contributed by atoms with E-state index in [0.717, 1.165) is 0 Å². The lowest BCUT2D eigenvalue weighted by Crippen LogP contribution is -2.25. The molecule has 1 aliphatic heterocycles. The van der Waals surface area contributed by atoms with Gasteiger partial charge < -0.3 is 5.32 Å². The number of aromatic nitrogens is 2. The van der Waals surface area contributed by atoms with Crippen LogP contribution in [0.5, 0.6) is 0 Å². The highest BCUT2D eigenvalue weighted by atomic mass is 32.2. The zero-order valence-corrected chi connectivity index (χ0v) is 12.7. The monoisotopic (exact) mass is 320 g/mol. The van der Waals surface area contributed by atoms with Gasteiger partial charge in [-0.1, -0.05) is 0 Å². The fourth-order valence-corrected chi connectivity index (χ4v) is 3.95. The van der Waals surface area contributed by atoms with E-state index in [1.807, 2.05) is 0 Å². The Kier molecular flexibility index (Phi) is 3.84. The molecule has 0 saturated carbocycles. The second-order valence-corrected chi connectivity index (χ2v) is 7.05. The van der Waals surface area contributed by atoms with Crippen molar-refractivity contribution in [1.29, 1.82) is 0 Å². The van der Waals surface area contributed by atoms with Gasteiger partial charge in [0, 0.05) is 24.6 Å². The van der Waals surface area contributed by atoms with Crippen molar-refractivity contribution in [3.05, 3.63) is 42.7 Å². The molecule has 0 spiro atoms. The lowest BCUT2D eigenvalue weighted by Gasteiger charge is -2.17. The van der Waals surface area contributed by atoms with E-state index in [-0.39, 0.29) is 18.2 Å². The molecule has 3 rings (SSSR count). The molecule has 22 heavy (non-hydrogen) atoms. The summed E-state index contributed by atoms with van der Waals surface area (Å²) >= 11 is 0. The standard InChI is InChI=1S/C14H16N4O3S/c19-14(11-17-8-1-7-15-17)16-12-3-5-13(6-4-12)18-9-2-10-22(18,20)21/h1,3-8H,2,9-11H2,(H,16,19). The lowest BCUT2D eigenvalue weighted by atomic mass is 10.2. The third-order valence-corrected chi connectivity index (χ3v) is 5.27. The highest BCUT2D eigenvalue weighted by molar-refractivity contribution is 7.93. The van der Waals surface area contributed by atoms with Crippen LogP contribution in [0, 0.1) is 0 Å². The number of sulfonamides is 1. The molecule has 0 bridgehead atoms. The Balaban J connectivity index is 1.65. The summed E-state index contributed by atoms with van der Waals surface area (Å²) in [5.74, 6) is 0.000250. The van der Waals surface area contributed by atoms with Crippen LogP contribution in [0.3, 0.4) is 0 Å². The van der Waals surface area contributed by atoms with E-state index in [2.05, 4.69) is 10.4 Å². The number of rotatable bonds is 4. The number of hydrogen-bond acceptors (Lipinski definition) is 4. The van der Waals surface area contributed by atoms with E-state index < -0.39 is 10.0 Å². The highest BCUT2D eigenvalue weighted by Gasteiger charge is 2.28. The quantitative estimate of drug-likeness (QED) is 0.913. The molecule has 2 aromatic rings. The van der Waals surface area contributed by atoms with Crippen molar-refractivity contribution >= 4 is 27.3 Å². The first kappa shape index (κ1) is 14.6. The molecule has 0 aliphatic carbocycles. The minimum absolute atomic E-state index is 0.134. The van der Waals surface area contributed by atoms with Gasteiger partial charge in [0.15, 0.2) is 0 Å². The highest BCUT2D eigenvalue weighted by Crippen LogP contribution is 2.25. The number of amides is 1. The van der Waals surface area contributed by atoms with Crippen molar-refractivity contribution < 1.29 is 13.2 Å². The van der Waals surface area contributed by atoms with Gasteiger partial charge >= 0.3 is 0 Å². The summed E-state index contributed by atoms with van der Waals surface area (Å²) in [6.45, 7) is 0.641. The molecular formula is C14H16N4O3S. The number of carbonyl (C=O) groups is 1. The van der Waals surface area contributed by atoms with Crippen LogP contribution >= 0.6 is 0 Å². The van der Waals surface area contributed by atoms with Crippen molar-refractivity contribution in [2.24, 2.45) is 0 Å². The second-order valence-electron chi connectivity index (χ2n) is 5.04. The summed E-state index contributed by atoms with van der Waals surface area (Å²) in [4.78, 5) is 11.8. The van der Waals surface area contributed by atoms with Crippen molar-refractivity contribution in [3.63, 3.8) is 0 Å². The predicted molar refractivity (Wildman–Crippen MR) is 83.0 cm³/mol. The molecule has 8 heteroatoms. The largest absolute Gasteiger partial charge is 0.324 e. The minimum atomic E-state index is -3.18.